The Balaban J connectivity index is 1.50. The molecule has 5 N–H and O–H groups in total. The molecule has 3 heterocycles. The predicted molar refractivity (Wildman–Crippen MR) is 85.9 cm³/mol. The van der Waals surface area contributed by atoms with E-state index in [1.165, 1.54) is 12.0 Å². The summed E-state index contributed by atoms with van der Waals surface area (Å²) in [6.07, 6.45) is 6.47. The largest absolute Gasteiger partial charge is 0.481 e. The van der Waals surface area contributed by atoms with Crippen LogP contribution < -0.4 is 16.4 Å². The molecule has 0 aromatic rings. The van der Waals surface area contributed by atoms with E-state index < -0.39 is 30.2 Å². The third-order valence-electron chi connectivity index (χ3n) is 5.99. The summed E-state index contributed by atoms with van der Waals surface area (Å²) in [5.41, 5.74) is 7.31. The number of carboxylic acid groups (broad SMARTS) is 1. The zero-order chi connectivity index (χ0) is 16.8. The van der Waals surface area contributed by atoms with E-state index in [4.69, 9.17) is 10.5 Å². The van der Waals surface area contributed by atoms with Gasteiger partial charge in [0.15, 0.2) is 5.78 Å². The quantitative estimate of drug-likeness (QED) is 0.530. The normalized spacial score (nSPS) is 45.3. The fraction of sp³-hybridized carbons (Fsp3) is 0.765. The third kappa shape index (κ3) is 2.69. The number of carbonyl (C=O) groups is 2. The number of rotatable bonds is 2. The molecule has 4 rings (SSSR count). The standard InChI is InChI=1S/C17H25N3O4/c18-15-10(17(22)23)7-9-14(21)13-12(24-16(9)20-15)6-5-11(19-13)8-3-1-2-4-8/h3,9-13,15-16,19-20H,1-2,4-7,18H2,(H,22,23). The van der Waals surface area contributed by atoms with Crippen molar-refractivity contribution in [2.45, 2.75) is 69.1 Å². The van der Waals surface area contributed by atoms with Crippen LogP contribution in [0.3, 0.4) is 0 Å². The fourth-order valence-corrected chi connectivity index (χ4v) is 4.66. The molecule has 7 unspecified atom stereocenters. The van der Waals surface area contributed by atoms with E-state index in [0.717, 1.165) is 25.7 Å². The number of nitrogens with two attached hydrogens (primary N) is 1. The summed E-state index contributed by atoms with van der Waals surface area (Å²) in [5.74, 6) is -2.10. The van der Waals surface area contributed by atoms with Crippen molar-refractivity contribution in [2.75, 3.05) is 0 Å². The second kappa shape index (κ2) is 6.22. The molecule has 0 bridgehead atoms. The number of piperidine rings is 2. The smallest absolute Gasteiger partial charge is 0.309 e. The maximum Gasteiger partial charge on any atom is 0.309 e. The lowest BCUT2D eigenvalue weighted by molar-refractivity contribution is -0.175. The zero-order valence-corrected chi connectivity index (χ0v) is 13.6. The van der Waals surface area contributed by atoms with E-state index in [1.54, 1.807) is 0 Å². The highest BCUT2D eigenvalue weighted by Crippen LogP contribution is 2.36. The van der Waals surface area contributed by atoms with E-state index in [-0.39, 0.29) is 30.4 Å². The van der Waals surface area contributed by atoms with Crippen LogP contribution in [0.15, 0.2) is 11.6 Å². The average molecular weight is 335 g/mol. The van der Waals surface area contributed by atoms with Crippen LogP contribution in [0.1, 0.15) is 38.5 Å². The van der Waals surface area contributed by atoms with E-state index >= 15 is 0 Å². The Morgan fingerprint density at radius 1 is 1.33 bits per heavy atom. The van der Waals surface area contributed by atoms with Gasteiger partial charge in [0.1, 0.15) is 6.23 Å². The van der Waals surface area contributed by atoms with Crippen molar-refractivity contribution >= 4 is 11.8 Å². The molecule has 0 saturated carbocycles. The summed E-state index contributed by atoms with van der Waals surface area (Å²) in [6, 6.07) is -0.0796. The number of carboxylic acids is 1. The number of Topliss-reactive ketones (excluding diaryl/α,β-unsaturated/α-hetero) is 1. The van der Waals surface area contributed by atoms with Gasteiger partial charge in [-0.15, -0.1) is 0 Å². The molecule has 3 fully saturated rings. The molecule has 7 atom stereocenters. The molecule has 0 amide bonds. The number of nitrogens with one attached hydrogen (secondary N) is 2. The Labute approximate surface area is 141 Å². The van der Waals surface area contributed by atoms with E-state index in [0.29, 0.717) is 0 Å². The molecule has 0 radical (unpaired) electrons. The summed E-state index contributed by atoms with van der Waals surface area (Å²) < 4.78 is 6.09. The molecule has 7 nitrogen and oxygen atoms in total. The second-order valence-electron chi connectivity index (χ2n) is 7.42. The van der Waals surface area contributed by atoms with Crippen LogP contribution in [0.25, 0.3) is 0 Å². The SMILES string of the molecule is NC1NC2OC3CCC(C4=CCCC4)NC3C(=O)C2CC1C(=O)O. The van der Waals surface area contributed by atoms with Crippen LogP contribution in [0, 0.1) is 11.8 Å². The van der Waals surface area contributed by atoms with Gasteiger partial charge in [0.25, 0.3) is 0 Å². The van der Waals surface area contributed by atoms with E-state index in [1.807, 2.05) is 0 Å². The Bertz CT molecular complexity index is 578. The van der Waals surface area contributed by atoms with Gasteiger partial charge in [-0.1, -0.05) is 11.6 Å². The fourth-order valence-electron chi connectivity index (χ4n) is 4.66. The first-order valence-corrected chi connectivity index (χ1v) is 8.93. The van der Waals surface area contributed by atoms with Crippen LogP contribution in [0.5, 0.6) is 0 Å². The number of aliphatic carboxylic acids is 1. The van der Waals surface area contributed by atoms with Crippen LogP contribution in [-0.2, 0) is 14.3 Å². The van der Waals surface area contributed by atoms with E-state index in [2.05, 4.69) is 16.7 Å². The number of ketones is 1. The van der Waals surface area contributed by atoms with Gasteiger partial charge in [0, 0.05) is 6.04 Å². The maximum absolute atomic E-state index is 13.0. The number of carbonyl (C=O) groups excluding carboxylic acids is 1. The van der Waals surface area contributed by atoms with E-state index in [9.17, 15) is 14.7 Å². The number of hydrogen-bond donors (Lipinski definition) is 4. The molecule has 132 valence electrons. The Morgan fingerprint density at radius 3 is 2.88 bits per heavy atom. The Morgan fingerprint density at radius 2 is 2.17 bits per heavy atom. The van der Waals surface area contributed by atoms with Gasteiger partial charge >= 0.3 is 5.97 Å². The zero-order valence-electron chi connectivity index (χ0n) is 13.6. The molecule has 0 spiro atoms. The van der Waals surface area contributed by atoms with Gasteiger partial charge in [-0.2, -0.15) is 0 Å². The van der Waals surface area contributed by atoms with Gasteiger partial charge in [-0.05, 0) is 38.5 Å². The lowest BCUT2D eigenvalue weighted by Gasteiger charge is -2.49. The number of hydrogen-bond acceptors (Lipinski definition) is 6. The maximum atomic E-state index is 13.0. The lowest BCUT2D eigenvalue weighted by atomic mass is 9.76. The lowest BCUT2D eigenvalue weighted by Crippen LogP contribution is -2.69. The van der Waals surface area contributed by atoms with Gasteiger partial charge in [-0.3, -0.25) is 20.2 Å². The van der Waals surface area contributed by atoms with Crippen molar-refractivity contribution < 1.29 is 19.4 Å². The molecular formula is C17H25N3O4. The molecule has 4 aliphatic rings. The number of ether oxygens (including phenoxy) is 1. The molecule has 1 aliphatic carbocycles. The van der Waals surface area contributed by atoms with Crippen LogP contribution in [-0.4, -0.2) is 47.4 Å². The van der Waals surface area contributed by atoms with Crippen LogP contribution in [0.4, 0.5) is 0 Å². The molecule has 0 aromatic heterocycles. The highest BCUT2D eigenvalue weighted by molar-refractivity contribution is 5.89. The summed E-state index contributed by atoms with van der Waals surface area (Å²) in [4.78, 5) is 24.4. The summed E-state index contributed by atoms with van der Waals surface area (Å²) in [6.45, 7) is 0. The van der Waals surface area contributed by atoms with Crippen molar-refractivity contribution in [3.05, 3.63) is 11.6 Å². The summed E-state index contributed by atoms with van der Waals surface area (Å²) >= 11 is 0. The molecule has 7 heteroatoms. The minimum absolute atomic E-state index is 0.0743. The number of allylic oxidation sites excluding steroid dienone is 1. The molecule has 24 heavy (non-hydrogen) atoms. The van der Waals surface area contributed by atoms with Crippen molar-refractivity contribution in [1.29, 1.82) is 0 Å². The van der Waals surface area contributed by atoms with Gasteiger partial charge < -0.3 is 15.6 Å². The topological polar surface area (TPSA) is 114 Å². The molecule has 0 aromatic carbocycles. The van der Waals surface area contributed by atoms with Crippen molar-refractivity contribution in [1.82, 2.24) is 10.6 Å². The predicted octanol–water partition coefficient (Wildman–Crippen LogP) is 0.106. The van der Waals surface area contributed by atoms with Crippen molar-refractivity contribution in [2.24, 2.45) is 17.6 Å². The molecule has 3 aliphatic heterocycles. The monoisotopic (exact) mass is 335 g/mol. The van der Waals surface area contributed by atoms with Gasteiger partial charge in [-0.25, -0.2) is 0 Å². The highest BCUT2D eigenvalue weighted by atomic mass is 16.5. The van der Waals surface area contributed by atoms with Crippen LogP contribution in [0.2, 0.25) is 0 Å². The second-order valence-corrected chi connectivity index (χ2v) is 7.42. The van der Waals surface area contributed by atoms with Crippen molar-refractivity contribution in [3.63, 3.8) is 0 Å². The third-order valence-corrected chi connectivity index (χ3v) is 5.99. The number of fused-ring (bicyclic) bond motifs is 2. The minimum atomic E-state index is -0.964. The van der Waals surface area contributed by atoms with Gasteiger partial charge in [0.05, 0.1) is 30.1 Å². The summed E-state index contributed by atoms with van der Waals surface area (Å²) in [5, 5.41) is 15.8. The first-order valence-electron chi connectivity index (χ1n) is 8.93. The van der Waals surface area contributed by atoms with Crippen molar-refractivity contribution in [3.8, 4) is 0 Å². The van der Waals surface area contributed by atoms with Gasteiger partial charge in [0.2, 0.25) is 0 Å². The Kier molecular flexibility index (Phi) is 4.20. The van der Waals surface area contributed by atoms with Crippen LogP contribution >= 0.6 is 0 Å². The first-order chi connectivity index (χ1) is 11.5. The average Bonchev–Trinajstić information content (AvgIpc) is 3.08. The Hall–Kier alpha value is -1.28. The summed E-state index contributed by atoms with van der Waals surface area (Å²) in [7, 11) is 0. The highest BCUT2D eigenvalue weighted by Gasteiger charge is 2.52. The molecule has 3 saturated heterocycles. The minimum Gasteiger partial charge on any atom is -0.481 e. The molecular weight excluding hydrogens is 310 g/mol. The first kappa shape index (κ1) is 16.2.